The van der Waals surface area contributed by atoms with Gasteiger partial charge in [0.2, 0.25) is 0 Å². The predicted octanol–water partition coefficient (Wildman–Crippen LogP) is 0.298. The average molecular weight is 164 g/mol. The second kappa shape index (κ2) is 1.60. The summed E-state index contributed by atoms with van der Waals surface area (Å²) in [5.41, 5.74) is 0.664. The molecule has 1 unspecified atom stereocenters. The summed E-state index contributed by atoms with van der Waals surface area (Å²) >= 11 is 0. The van der Waals surface area contributed by atoms with Gasteiger partial charge in [0, 0.05) is 24.0 Å². The first kappa shape index (κ1) is 6.39. The molecule has 0 aromatic heterocycles. The fourth-order valence-corrected chi connectivity index (χ4v) is 3.57. The van der Waals surface area contributed by atoms with Gasteiger partial charge in [0.05, 0.1) is 0 Å². The predicted molar refractivity (Wildman–Crippen MR) is 46.9 cm³/mol. The molecule has 2 nitrogen and oxygen atoms in total. The lowest BCUT2D eigenvalue weighted by atomic mass is 10.2. The zero-order valence-electron chi connectivity index (χ0n) is 7.59. The highest BCUT2D eigenvalue weighted by Crippen LogP contribution is 2.78. The van der Waals surface area contributed by atoms with Crippen molar-refractivity contribution in [3.05, 3.63) is 0 Å². The van der Waals surface area contributed by atoms with Crippen LogP contribution in [0, 0.1) is 17.8 Å². The molecule has 2 bridgehead atoms. The van der Waals surface area contributed by atoms with Gasteiger partial charge in [-0.3, -0.25) is 0 Å². The van der Waals surface area contributed by atoms with Crippen LogP contribution in [0.25, 0.3) is 0 Å². The van der Waals surface area contributed by atoms with Crippen molar-refractivity contribution in [3.63, 3.8) is 0 Å². The minimum Gasteiger partial charge on any atom is -0.309 e. The summed E-state index contributed by atoms with van der Waals surface area (Å²) in [6.07, 6.45) is 2.97. The van der Waals surface area contributed by atoms with Crippen LogP contribution in [-0.4, -0.2) is 36.6 Å². The van der Waals surface area contributed by atoms with Gasteiger partial charge < -0.3 is 10.2 Å². The fraction of sp³-hybridized carbons (Fsp3) is 1.00. The lowest BCUT2D eigenvalue weighted by molar-refractivity contribution is 0.377. The molecule has 0 aromatic carbocycles. The third-order valence-corrected chi connectivity index (χ3v) is 4.56. The monoisotopic (exact) mass is 164 g/mol. The number of piperidine rings is 1. The largest absolute Gasteiger partial charge is 0.309 e. The minimum absolute atomic E-state index is 0.664. The van der Waals surface area contributed by atoms with Gasteiger partial charge in [-0.1, -0.05) is 0 Å². The first-order valence-corrected chi connectivity index (χ1v) is 5.29. The van der Waals surface area contributed by atoms with Crippen LogP contribution >= 0.6 is 0 Å². The van der Waals surface area contributed by atoms with Crippen molar-refractivity contribution in [1.82, 2.24) is 10.2 Å². The van der Waals surface area contributed by atoms with Gasteiger partial charge in [0.25, 0.3) is 0 Å². The summed E-state index contributed by atoms with van der Waals surface area (Å²) in [6, 6.07) is 0.946. The zero-order valence-corrected chi connectivity index (χ0v) is 7.59. The molecule has 2 saturated heterocycles. The molecule has 1 N–H and O–H groups in total. The number of nitrogens with one attached hydrogen (secondary N) is 1. The number of rotatable bonds is 3. The minimum atomic E-state index is 0.664. The van der Waals surface area contributed by atoms with E-state index in [-0.39, 0.29) is 0 Å². The van der Waals surface area contributed by atoms with Gasteiger partial charge in [-0.2, -0.15) is 0 Å². The first-order chi connectivity index (χ1) is 5.84. The summed E-state index contributed by atoms with van der Waals surface area (Å²) in [7, 11) is 2.28. The fourth-order valence-electron chi connectivity index (χ4n) is 3.57. The van der Waals surface area contributed by atoms with Crippen molar-refractivity contribution in [2.75, 3.05) is 20.1 Å². The molecule has 66 valence electrons. The number of likely N-dealkylation sites (N-methyl/N-ethyl adjacent to an activating group) is 1. The zero-order chi connectivity index (χ0) is 7.92. The van der Waals surface area contributed by atoms with Crippen LogP contribution in [-0.2, 0) is 0 Å². The molecule has 3 aliphatic carbocycles. The Balaban J connectivity index is 1.45. The Labute approximate surface area is 73.3 Å². The Morgan fingerprint density at radius 1 is 1.50 bits per heavy atom. The van der Waals surface area contributed by atoms with Gasteiger partial charge in [-0.05, 0) is 38.3 Å². The molecule has 0 aromatic rings. The van der Waals surface area contributed by atoms with E-state index in [0.29, 0.717) is 5.54 Å². The molecule has 0 radical (unpaired) electrons. The summed E-state index contributed by atoms with van der Waals surface area (Å²) in [6.45, 7) is 2.68. The van der Waals surface area contributed by atoms with E-state index in [2.05, 4.69) is 17.3 Å². The Morgan fingerprint density at radius 3 is 2.83 bits per heavy atom. The normalized spacial score (nSPS) is 60.2. The van der Waals surface area contributed by atoms with Gasteiger partial charge in [0.1, 0.15) is 0 Å². The van der Waals surface area contributed by atoms with Crippen molar-refractivity contribution >= 4 is 0 Å². The summed E-state index contributed by atoms with van der Waals surface area (Å²) < 4.78 is 0. The standard InChI is InChI=1S/C10H16N2/c1-12-5-7-8-9(12)10(7,8)11-4-6-2-3-6/h6-9,11H,2-5H2,1H3/t7-,8-,9?,10-/m1/s1. The number of nitrogens with zero attached hydrogens (tertiary/aromatic N) is 1. The van der Waals surface area contributed by atoms with Crippen LogP contribution in [0.1, 0.15) is 12.8 Å². The molecule has 5 aliphatic rings. The third kappa shape index (κ3) is 0.521. The molecule has 12 heavy (non-hydrogen) atoms. The highest BCUT2D eigenvalue weighted by molar-refractivity contribution is 5.47. The van der Waals surface area contributed by atoms with Crippen LogP contribution in [0.4, 0.5) is 0 Å². The maximum atomic E-state index is 3.82. The van der Waals surface area contributed by atoms with Crippen LogP contribution < -0.4 is 5.32 Å². The number of hydrogen-bond acceptors (Lipinski definition) is 2. The SMILES string of the molecule is CN1C[C@@H]2[C@@H]3C1[C@@]23NCC1CC1. The molecular formula is C10H16N2. The summed E-state index contributed by atoms with van der Waals surface area (Å²) in [5.74, 6) is 3.17. The number of fused-ring (bicyclic) bond motifs is 1. The molecule has 5 fully saturated rings. The van der Waals surface area contributed by atoms with Gasteiger partial charge in [-0.25, -0.2) is 0 Å². The van der Waals surface area contributed by atoms with E-state index in [9.17, 15) is 0 Å². The molecule has 0 amide bonds. The molecule has 0 spiro atoms. The van der Waals surface area contributed by atoms with Gasteiger partial charge in [0.15, 0.2) is 0 Å². The smallest absolute Gasteiger partial charge is 0.0433 e. The quantitative estimate of drug-likeness (QED) is 0.645. The maximum absolute atomic E-state index is 3.82. The molecule has 4 atom stereocenters. The van der Waals surface area contributed by atoms with E-state index in [0.717, 1.165) is 23.8 Å². The topological polar surface area (TPSA) is 15.3 Å². The highest BCUT2D eigenvalue weighted by Gasteiger charge is 2.91. The van der Waals surface area contributed by atoms with E-state index in [1.165, 1.54) is 25.9 Å². The molecule has 2 aliphatic heterocycles. The lowest BCUT2D eigenvalue weighted by Crippen LogP contribution is -2.33. The van der Waals surface area contributed by atoms with Crippen molar-refractivity contribution in [2.24, 2.45) is 17.8 Å². The van der Waals surface area contributed by atoms with Crippen LogP contribution in [0.2, 0.25) is 0 Å². The molecule has 2 heterocycles. The van der Waals surface area contributed by atoms with Gasteiger partial charge >= 0.3 is 0 Å². The Hall–Kier alpha value is -0.0800. The lowest BCUT2D eigenvalue weighted by Gasteiger charge is -2.11. The van der Waals surface area contributed by atoms with Crippen LogP contribution in [0.5, 0.6) is 0 Å². The number of hydrogen-bond donors (Lipinski definition) is 1. The van der Waals surface area contributed by atoms with Crippen molar-refractivity contribution in [1.29, 1.82) is 0 Å². The Bertz CT molecular complexity index is 242. The second-order valence-corrected chi connectivity index (χ2v) is 5.27. The van der Waals surface area contributed by atoms with E-state index in [1.807, 2.05) is 0 Å². The van der Waals surface area contributed by atoms with Crippen LogP contribution in [0.3, 0.4) is 0 Å². The third-order valence-electron chi connectivity index (χ3n) is 4.56. The van der Waals surface area contributed by atoms with E-state index in [4.69, 9.17) is 0 Å². The summed E-state index contributed by atoms with van der Waals surface area (Å²) in [5, 5.41) is 3.82. The second-order valence-electron chi connectivity index (χ2n) is 5.27. The van der Waals surface area contributed by atoms with E-state index < -0.39 is 0 Å². The molecule has 5 rings (SSSR count). The van der Waals surface area contributed by atoms with Crippen LogP contribution in [0.15, 0.2) is 0 Å². The van der Waals surface area contributed by atoms with Crippen molar-refractivity contribution in [3.8, 4) is 0 Å². The molecular weight excluding hydrogens is 148 g/mol. The maximum Gasteiger partial charge on any atom is 0.0433 e. The van der Waals surface area contributed by atoms with Crippen molar-refractivity contribution in [2.45, 2.75) is 24.4 Å². The average Bonchev–Trinajstić information content (AvgIpc) is 2.95. The van der Waals surface area contributed by atoms with E-state index >= 15 is 0 Å². The Morgan fingerprint density at radius 2 is 2.33 bits per heavy atom. The van der Waals surface area contributed by atoms with E-state index in [1.54, 1.807) is 0 Å². The summed E-state index contributed by atoms with van der Waals surface area (Å²) in [4.78, 5) is 2.55. The highest BCUT2D eigenvalue weighted by atomic mass is 15.4. The van der Waals surface area contributed by atoms with Crippen molar-refractivity contribution < 1.29 is 0 Å². The first-order valence-electron chi connectivity index (χ1n) is 5.29. The molecule has 2 heteroatoms. The molecule has 3 saturated carbocycles. The van der Waals surface area contributed by atoms with Gasteiger partial charge in [-0.15, -0.1) is 0 Å². The Kier molecular flexibility index (Phi) is 0.851.